The number of ether oxygens (including phenoxy) is 3. The van der Waals surface area contributed by atoms with Gasteiger partial charge in [0.25, 0.3) is 0 Å². The first-order valence-corrected chi connectivity index (χ1v) is 9.61. The van der Waals surface area contributed by atoms with Gasteiger partial charge in [-0.05, 0) is 13.3 Å². The highest BCUT2D eigenvalue weighted by Gasteiger charge is 2.24. The molecule has 0 amide bonds. The predicted molar refractivity (Wildman–Crippen MR) is 126 cm³/mol. The van der Waals surface area contributed by atoms with Gasteiger partial charge >= 0.3 is 5.97 Å². The maximum absolute atomic E-state index is 11.6. The summed E-state index contributed by atoms with van der Waals surface area (Å²) < 4.78 is 15.5. The van der Waals surface area contributed by atoms with Crippen molar-refractivity contribution in [3.05, 3.63) is 18.2 Å². The molecule has 2 N–H and O–H groups in total. The molecule has 164 valence electrons. The highest BCUT2D eigenvalue weighted by molar-refractivity contribution is 14.0. The van der Waals surface area contributed by atoms with Gasteiger partial charge in [-0.1, -0.05) is 6.92 Å². The van der Waals surface area contributed by atoms with Crippen LogP contribution in [-0.2, 0) is 9.53 Å². The van der Waals surface area contributed by atoms with E-state index < -0.39 is 0 Å². The third-order valence-electron chi connectivity index (χ3n) is 4.70. The van der Waals surface area contributed by atoms with E-state index in [0.29, 0.717) is 12.5 Å². The highest BCUT2D eigenvalue weighted by Crippen LogP contribution is 2.30. The van der Waals surface area contributed by atoms with Crippen molar-refractivity contribution in [3.8, 4) is 11.5 Å². The first-order chi connectivity index (χ1) is 13.5. The van der Waals surface area contributed by atoms with Gasteiger partial charge in [0.2, 0.25) is 0 Å². The average molecular weight is 520 g/mol. The molecular formula is C20H33IN4O4. The summed E-state index contributed by atoms with van der Waals surface area (Å²) in [5.74, 6) is 1.74. The number of nitrogens with one attached hydrogen (secondary N) is 2. The number of esters is 1. The maximum atomic E-state index is 11.6. The minimum absolute atomic E-state index is 0. The fourth-order valence-electron chi connectivity index (χ4n) is 3.10. The summed E-state index contributed by atoms with van der Waals surface area (Å²) in [6.07, 6.45) is 0.983. The molecule has 0 spiro atoms. The number of hydrogen-bond acceptors (Lipinski definition) is 6. The summed E-state index contributed by atoms with van der Waals surface area (Å²) in [6.45, 7) is 6.73. The van der Waals surface area contributed by atoms with Gasteiger partial charge in [0.05, 0.1) is 33.8 Å². The lowest BCUT2D eigenvalue weighted by Gasteiger charge is -2.21. The fraction of sp³-hybridized carbons (Fsp3) is 0.600. The van der Waals surface area contributed by atoms with Gasteiger partial charge in [0.1, 0.15) is 11.5 Å². The second kappa shape index (κ2) is 12.6. The summed E-state index contributed by atoms with van der Waals surface area (Å²) >= 11 is 0. The van der Waals surface area contributed by atoms with Gasteiger partial charge in [0.15, 0.2) is 5.96 Å². The molecule has 0 aromatic heterocycles. The zero-order valence-corrected chi connectivity index (χ0v) is 20.2. The molecule has 2 rings (SSSR count). The molecular weight excluding hydrogens is 487 g/mol. The molecule has 2 unspecified atom stereocenters. The number of hydrogen-bond donors (Lipinski definition) is 2. The smallest absolute Gasteiger partial charge is 0.310 e. The minimum Gasteiger partial charge on any atom is -0.497 e. The Bertz CT molecular complexity index is 664. The maximum Gasteiger partial charge on any atom is 0.310 e. The van der Waals surface area contributed by atoms with Crippen LogP contribution in [-0.4, -0.2) is 65.5 Å². The number of nitrogens with zero attached hydrogens (tertiary/aromatic N) is 2. The predicted octanol–water partition coefficient (Wildman–Crippen LogP) is 2.26. The van der Waals surface area contributed by atoms with Gasteiger partial charge in [-0.3, -0.25) is 9.79 Å². The van der Waals surface area contributed by atoms with Gasteiger partial charge in [-0.15, -0.1) is 24.0 Å². The zero-order valence-electron chi connectivity index (χ0n) is 17.9. The van der Waals surface area contributed by atoms with Crippen LogP contribution in [0.25, 0.3) is 0 Å². The molecule has 0 radical (unpaired) electrons. The molecule has 2 atom stereocenters. The third kappa shape index (κ3) is 7.45. The van der Waals surface area contributed by atoms with Crippen molar-refractivity contribution in [2.45, 2.75) is 26.3 Å². The van der Waals surface area contributed by atoms with E-state index in [-0.39, 0.29) is 41.9 Å². The first kappa shape index (κ1) is 25.1. The van der Waals surface area contributed by atoms with Crippen LogP contribution in [0.4, 0.5) is 5.69 Å². The summed E-state index contributed by atoms with van der Waals surface area (Å²) in [6, 6.07) is 6.15. The lowest BCUT2D eigenvalue weighted by atomic mass is 10.2. The average Bonchev–Trinajstić information content (AvgIpc) is 3.19. The van der Waals surface area contributed by atoms with Crippen LogP contribution in [0.3, 0.4) is 0 Å². The Hall–Kier alpha value is -1.91. The van der Waals surface area contributed by atoms with Crippen molar-refractivity contribution in [1.29, 1.82) is 0 Å². The summed E-state index contributed by atoms with van der Waals surface area (Å²) in [5.41, 5.74) is 1.07. The SMILES string of the molecule is CCNC(=NCC(C)C(=O)OC)NC1CCN(c2cc(OC)cc(OC)c2)C1.I. The number of carbonyl (C=O) groups is 1. The molecule has 1 heterocycles. The third-order valence-corrected chi connectivity index (χ3v) is 4.70. The van der Waals surface area contributed by atoms with Crippen LogP contribution in [0.15, 0.2) is 23.2 Å². The Morgan fingerprint density at radius 1 is 1.24 bits per heavy atom. The molecule has 0 bridgehead atoms. The Balaban J connectivity index is 0.00000420. The van der Waals surface area contributed by atoms with Crippen molar-refractivity contribution in [2.24, 2.45) is 10.9 Å². The fourth-order valence-corrected chi connectivity index (χ4v) is 3.10. The zero-order chi connectivity index (χ0) is 20.5. The number of guanidine groups is 1. The molecule has 1 aromatic rings. The van der Waals surface area contributed by atoms with Crippen LogP contribution >= 0.6 is 24.0 Å². The molecule has 1 saturated heterocycles. The molecule has 0 saturated carbocycles. The molecule has 0 aliphatic carbocycles. The number of methoxy groups -OCH3 is 3. The van der Waals surface area contributed by atoms with Crippen LogP contribution in [0.1, 0.15) is 20.3 Å². The summed E-state index contributed by atoms with van der Waals surface area (Å²) in [7, 11) is 4.70. The van der Waals surface area contributed by atoms with E-state index >= 15 is 0 Å². The standard InChI is InChI=1S/C20H32N4O4.HI/c1-6-21-20(22-12-14(2)19(25)28-5)23-15-7-8-24(13-15)16-9-17(26-3)11-18(10-16)27-4;/h9-11,14-15H,6-8,12-13H2,1-5H3,(H2,21,22,23);1H. The molecule has 1 fully saturated rings. The van der Waals surface area contributed by atoms with E-state index in [1.165, 1.54) is 7.11 Å². The van der Waals surface area contributed by atoms with Crippen LogP contribution in [0.5, 0.6) is 11.5 Å². The van der Waals surface area contributed by atoms with Crippen molar-refractivity contribution >= 4 is 41.6 Å². The Kier molecular flexibility index (Phi) is 10.9. The summed E-state index contributed by atoms with van der Waals surface area (Å²) in [5, 5.41) is 6.71. The van der Waals surface area contributed by atoms with E-state index in [0.717, 1.165) is 43.2 Å². The normalized spacial score (nSPS) is 17.2. The first-order valence-electron chi connectivity index (χ1n) is 9.61. The van der Waals surface area contributed by atoms with Crippen molar-refractivity contribution < 1.29 is 19.0 Å². The van der Waals surface area contributed by atoms with E-state index in [1.54, 1.807) is 14.2 Å². The Morgan fingerprint density at radius 3 is 2.45 bits per heavy atom. The van der Waals surface area contributed by atoms with E-state index in [9.17, 15) is 4.79 Å². The molecule has 1 aliphatic rings. The Labute approximate surface area is 190 Å². The van der Waals surface area contributed by atoms with E-state index in [4.69, 9.17) is 14.2 Å². The number of rotatable bonds is 8. The highest BCUT2D eigenvalue weighted by atomic mass is 127. The lowest BCUT2D eigenvalue weighted by Crippen LogP contribution is -2.45. The number of carbonyl (C=O) groups excluding carboxylic acids is 1. The van der Waals surface area contributed by atoms with Crippen molar-refractivity contribution in [2.75, 3.05) is 52.4 Å². The number of benzene rings is 1. The van der Waals surface area contributed by atoms with Gasteiger partial charge in [-0.25, -0.2) is 0 Å². The van der Waals surface area contributed by atoms with Gasteiger partial charge in [-0.2, -0.15) is 0 Å². The minimum atomic E-state index is -0.273. The number of aliphatic imine (C=N–C) groups is 1. The van der Waals surface area contributed by atoms with Crippen LogP contribution < -0.4 is 25.0 Å². The van der Waals surface area contributed by atoms with Crippen LogP contribution in [0.2, 0.25) is 0 Å². The van der Waals surface area contributed by atoms with Crippen molar-refractivity contribution in [1.82, 2.24) is 10.6 Å². The topological polar surface area (TPSA) is 84.4 Å². The molecule has 29 heavy (non-hydrogen) atoms. The monoisotopic (exact) mass is 520 g/mol. The largest absolute Gasteiger partial charge is 0.497 e. The van der Waals surface area contributed by atoms with E-state index in [2.05, 4.69) is 20.5 Å². The second-order valence-corrected chi connectivity index (χ2v) is 6.79. The number of anilines is 1. The number of halogens is 1. The molecule has 9 heteroatoms. The second-order valence-electron chi connectivity index (χ2n) is 6.79. The summed E-state index contributed by atoms with van der Waals surface area (Å²) in [4.78, 5) is 18.4. The quantitative estimate of drug-likeness (QED) is 0.236. The van der Waals surface area contributed by atoms with Crippen molar-refractivity contribution in [3.63, 3.8) is 0 Å². The Morgan fingerprint density at radius 2 is 1.90 bits per heavy atom. The molecule has 8 nitrogen and oxygen atoms in total. The molecule has 1 aliphatic heterocycles. The van der Waals surface area contributed by atoms with Crippen LogP contribution in [0, 0.1) is 5.92 Å². The van der Waals surface area contributed by atoms with E-state index in [1.807, 2.05) is 32.0 Å². The lowest BCUT2D eigenvalue weighted by molar-refractivity contribution is -0.144. The van der Waals surface area contributed by atoms with Gasteiger partial charge in [0, 0.05) is 49.6 Å². The molecule has 1 aromatic carbocycles. The van der Waals surface area contributed by atoms with Gasteiger partial charge < -0.3 is 29.7 Å².